The summed E-state index contributed by atoms with van der Waals surface area (Å²) >= 11 is 0. The lowest BCUT2D eigenvalue weighted by Crippen LogP contribution is -2.44. The van der Waals surface area contributed by atoms with E-state index in [1.807, 2.05) is 0 Å². The molecule has 1 fully saturated rings. The summed E-state index contributed by atoms with van der Waals surface area (Å²) < 4.78 is 26.5. The molecule has 0 saturated carbocycles. The molecular weight excluding hydrogens is 274 g/mol. The van der Waals surface area contributed by atoms with Gasteiger partial charge < -0.3 is 5.32 Å². The molecular formula is C14H23N3O2S. The lowest BCUT2D eigenvalue weighted by Gasteiger charge is -2.34. The molecule has 0 aliphatic carbocycles. The van der Waals surface area contributed by atoms with E-state index in [0.29, 0.717) is 25.0 Å². The van der Waals surface area contributed by atoms with Crippen LogP contribution in [0.3, 0.4) is 0 Å². The van der Waals surface area contributed by atoms with Crippen LogP contribution in [0.25, 0.3) is 0 Å². The first-order valence-corrected chi connectivity index (χ1v) is 8.63. The third kappa shape index (κ3) is 3.37. The summed E-state index contributed by atoms with van der Waals surface area (Å²) in [5, 5.41) is 3.42. The van der Waals surface area contributed by atoms with Crippen LogP contribution in [0.2, 0.25) is 0 Å². The highest BCUT2D eigenvalue weighted by molar-refractivity contribution is 7.89. The molecule has 1 saturated heterocycles. The van der Waals surface area contributed by atoms with Crippen molar-refractivity contribution in [1.29, 1.82) is 0 Å². The Balaban J connectivity index is 2.00. The highest BCUT2D eigenvalue weighted by Gasteiger charge is 2.31. The van der Waals surface area contributed by atoms with Crippen molar-refractivity contribution in [1.82, 2.24) is 14.6 Å². The topological polar surface area (TPSA) is 62.3 Å². The number of aromatic nitrogens is 1. The van der Waals surface area contributed by atoms with Crippen LogP contribution >= 0.6 is 0 Å². The highest BCUT2D eigenvalue weighted by atomic mass is 32.2. The van der Waals surface area contributed by atoms with Gasteiger partial charge in [-0.2, -0.15) is 4.31 Å². The van der Waals surface area contributed by atoms with Crippen LogP contribution in [0.4, 0.5) is 0 Å². The molecule has 1 unspecified atom stereocenters. The van der Waals surface area contributed by atoms with Gasteiger partial charge in [0.25, 0.3) is 0 Å². The monoisotopic (exact) mass is 297 g/mol. The Bertz CT molecular complexity index is 510. The van der Waals surface area contributed by atoms with Crippen LogP contribution < -0.4 is 5.32 Å². The first-order chi connectivity index (χ1) is 9.55. The average Bonchev–Trinajstić information content (AvgIpc) is 2.48. The molecule has 1 aromatic rings. The van der Waals surface area contributed by atoms with Crippen molar-refractivity contribution in [2.45, 2.75) is 37.6 Å². The van der Waals surface area contributed by atoms with E-state index in [1.165, 1.54) is 6.20 Å². The molecule has 1 aliphatic rings. The number of hydrogen-bond acceptors (Lipinski definition) is 4. The largest absolute Gasteiger partial charge is 0.314 e. The minimum absolute atomic E-state index is 0.290. The fourth-order valence-corrected chi connectivity index (χ4v) is 4.19. The van der Waals surface area contributed by atoms with E-state index in [4.69, 9.17) is 0 Å². The summed E-state index contributed by atoms with van der Waals surface area (Å²) in [6.45, 7) is 6.42. The number of nitrogens with zero attached hydrogens (tertiary/aromatic N) is 2. The van der Waals surface area contributed by atoms with E-state index in [2.05, 4.69) is 24.1 Å². The van der Waals surface area contributed by atoms with E-state index in [0.717, 1.165) is 19.4 Å². The fraction of sp³-hybridized carbons (Fsp3) is 0.643. The Morgan fingerprint density at radius 1 is 1.45 bits per heavy atom. The van der Waals surface area contributed by atoms with Crippen LogP contribution in [0.15, 0.2) is 29.4 Å². The minimum atomic E-state index is -3.37. The molecule has 1 N–H and O–H groups in total. The summed E-state index contributed by atoms with van der Waals surface area (Å²) in [6, 6.07) is 3.71. The number of sulfonamides is 1. The predicted octanol–water partition coefficient (Wildman–Crippen LogP) is 1.48. The predicted molar refractivity (Wildman–Crippen MR) is 78.9 cm³/mol. The molecule has 5 nitrogen and oxygen atoms in total. The summed E-state index contributed by atoms with van der Waals surface area (Å²) in [4.78, 5) is 4.19. The van der Waals surface area contributed by atoms with Gasteiger partial charge in [0.05, 0.1) is 0 Å². The molecule has 2 rings (SSSR count). The summed E-state index contributed by atoms with van der Waals surface area (Å²) in [5.41, 5.74) is 0. The van der Waals surface area contributed by atoms with Gasteiger partial charge in [-0.05, 0) is 44.4 Å². The first-order valence-electron chi connectivity index (χ1n) is 7.19. The van der Waals surface area contributed by atoms with E-state index in [9.17, 15) is 8.42 Å². The zero-order chi connectivity index (χ0) is 14.6. The van der Waals surface area contributed by atoms with E-state index >= 15 is 0 Å². The van der Waals surface area contributed by atoms with E-state index in [-0.39, 0.29) is 4.90 Å². The fourth-order valence-electron chi connectivity index (χ4n) is 2.75. The molecule has 0 radical (unpaired) electrons. The summed E-state index contributed by atoms with van der Waals surface area (Å²) in [5.74, 6) is 0.551. The quantitative estimate of drug-likeness (QED) is 0.894. The number of pyridine rings is 1. The van der Waals surface area contributed by atoms with Crippen molar-refractivity contribution < 1.29 is 8.42 Å². The summed E-state index contributed by atoms with van der Waals surface area (Å²) in [7, 11) is -3.37. The van der Waals surface area contributed by atoms with Gasteiger partial charge in [0.1, 0.15) is 4.90 Å². The van der Waals surface area contributed by atoms with Gasteiger partial charge in [0.2, 0.25) is 10.0 Å². The molecule has 0 aromatic carbocycles. The van der Waals surface area contributed by atoms with Crippen molar-refractivity contribution in [3.8, 4) is 0 Å². The molecule has 0 spiro atoms. The van der Waals surface area contributed by atoms with Gasteiger partial charge in [0, 0.05) is 31.5 Å². The van der Waals surface area contributed by atoms with E-state index in [1.54, 1.807) is 22.6 Å². The molecule has 112 valence electrons. The second-order valence-corrected chi connectivity index (χ2v) is 7.21. The van der Waals surface area contributed by atoms with Crippen LogP contribution in [-0.2, 0) is 10.0 Å². The Hall–Kier alpha value is -0.980. The van der Waals surface area contributed by atoms with Gasteiger partial charge in [-0.15, -0.1) is 0 Å². The molecule has 1 aromatic heterocycles. The molecule has 1 atom stereocenters. The zero-order valence-corrected chi connectivity index (χ0v) is 12.9. The van der Waals surface area contributed by atoms with Gasteiger partial charge >= 0.3 is 0 Å². The minimum Gasteiger partial charge on any atom is -0.314 e. The number of rotatable bonds is 5. The van der Waals surface area contributed by atoms with Crippen molar-refractivity contribution in [2.24, 2.45) is 5.92 Å². The zero-order valence-electron chi connectivity index (χ0n) is 12.1. The lowest BCUT2D eigenvalue weighted by atomic mass is 9.91. The molecule has 0 bridgehead atoms. The van der Waals surface area contributed by atoms with Gasteiger partial charge in [-0.1, -0.05) is 6.92 Å². The smallest absolute Gasteiger partial charge is 0.244 e. The van der Waals surface area contributed by atoms with Crippen molar-refractivity contribution in [3.05, 3.63) is 24.5 Å². The molecule has 2 heterocycles. The first kappa shape index (κ1) is 15.4. The molecule has 0 amide bonds. The highest BCUT2D eigenvalue weighted by Crippen LogP contribution is 2.25. The lowest BCUT2D eigenvalue weighted by molar-refractivity contribution is 0.232. The van der Waals surface area contributed by atoms with Crippen LogP contribution in [0.5, 0.6) is 0 Å². The third-order valence-electron chi connectivity index (χ3n) is 4.00. The number of hydrogen-bond donors (Lipinski definition) is 1. The Morgan fingerprint density at radius 3 is 2.70 bits per heavy atom. The van der Waals surface area contributed by atoms with Gasteiger partial charge in [-0.25, -0.2) is 8.42 Å². The number of nitrogens with one attached hydrogen (secondary N) is 1. The SMILES string of the molecule is CCNC(C)C1CCN(S(=O)(=O)c2cccnc2)CC1. The van der Waals surface area contributed by atoms with Crippen LogP contribution in [0, 0.1) is 5.92 Å². The Labute approximate surface area is 121 Å². The maximum Gasteiger partial charge on any atom is 0.244 e. The molecule has 6 heteroatoms. The Morgan fingerprint density at radius 2 is 2.15 bits per heavy atom. The average molecular weight is 297 g/mol. The van der Waals surface area contributed by atoms with Gasteiger partial charge in [-0.3, -0.25) is 4.98 Å². The maximum atomic E-state index is 12.5. The van der Waals surface area contributed by atoms with Crippen molar-refractivity contribution in [3.63, 3.8) is 0 Å². The van der Waals surface area contributed by atoms with Gasteiger partial charge in [0.15, 0.2) is 0 Å². The second kappa shape index (κ2) is 6.65. The van der Waals surface area contributed by atoms with Crippen molar-refractivity contribution >= 4 is 10.0 Å². The third-order valence-corrected chi connectivity index (χ3v) is 5.89. The van der Waals surface area contributed by atoms with Crippen molar-refractivity contribution in [2.75, 3.05) is 19.6 Å². The maximum absolute atomic E-state index is 12.5. The molecule has 20 heavy (non-hydrogen) atoms. The Kier molecular flexibility index (Phi) is 5.12. The molecule has 1 aliphatic heterocycles. The van der Waals surface area contributed by atoms with Crippen LogP contribution in [-0.4, -0.2) is 43.4 Å². The van der Waals surface area contributed by atoms with E-state index < -0.39 is 10.0 Å². The number of piperidine rings is 1. The van der Waals surface area contributed by atoms with Crippen LogP contribution in [0.1, 0.15) is 26.7 Å². The normalized spacial score (nSPS) is 19.9. The summed E-state index contributed by atoms with van der Waals surface area (Å²) in [6.07, 6.45) is 4.83. The standard InChI is InChI=1S/C14H23N3O2S/c1-3-16-12(2)13-6-9-17(10-7-13)20(18,19)14-5-4-8-15-11-14/h4-5,8,11-13,16H,3,6-7,9-10H2,1-2H3. The second-order valence-electron chi connectivity index (χ2n) is 5.28.